The number of hydrogen-bond donors (Lipinski definition) is 0. The van der Waals surface area contributed by atoms with Crippen LogP contribution in [-0.4, -0.2) is 22.0 Å². The number of carbonyl (C=O) groups is 1. The Morgan fingerprint density at radius 3 is 2.93 bits per heavy atom. The zero-order valence-corrected chi connectivity index (χ0v) is 15.5. The molecule has 0 spiro atoms. The molecule has 0 bridgehead atoms. The molecule has 1 amide bonds. The van der Waals surface area contributed by atoms with Crippen molar-refractivity contribution in [2.75, 3.05) is 11.4 Å². The van der Waals surface area contributed by atoms with E-state index in [2.05, 4.69) is 30.1 Å². The van der Waals surface area contributed by atoms with Crippen molar-refractivity contribution in [1.29, 1.82) is 0 Å². The summed E-state index contributed by atoms with van der Waals surface area (Å²) in [5.41, 5.74) is 4.18. The second-order valence-electron chi connectivity index (χ2n) is 7.14. The molecular weight excluding hydrogens is 338 g/mol. The molecular formula is C22H23N3O2. The lowest BCUT2D eigenvalue weighted by Crippen LogP contribution is -2.35. The van der Waals surface area contributed by atoms with Crippen molar-refractivity contribution in [3.8, 4) is 0 Å². The first-order chi connectivity index (χ1) is 13.1. The predicted molar refractivity (Wildman–Crippen MR) is 107 cm³/mol. The monoisotopic (exact) mass is 361 g/mol. The van der Waals surface area contributed by atoms with Gasteiger partial charge in [0.1, 0.15) is 0 Å². The van der Waals surface area contributed by atoms with Gasteiger partial charge in [-0.05, 0) is 49.9 Å². The molecule has 5 heteroatoms. The van der Waals surface area contributed by atoms with Gasteiger partial charge in [0.2, 0.25) is 5.91 Å². The summed E-state index contributed by atoms with van der Waals surface area (Å²) < 4.78 is 1.60. The third kappa shape index (κ3) is 3.50. The molecule has 4 rings (SSSR count). The number of nitrogens with zero attached hydrogens (tertiary/aromatic N) is 3. The third-order valence-electron chi connectivity index (χ3n) is 5.18. The van der Waals surface area contributed by atoms with Gasteiger partial charge in [-0.2, -0.15) is 0 Å². The van der Waals surface area contributed by atoms with E-state index in [4.69, 9.17) is 0 Å². The molecule has 0 saturated carbocycles. The topological polar surface area (TPSA) is 55.2 Å². The van der Waals surface area contributed by atoms with Gasteiger partial charge in [0.05, 0.1) is 17.2 Å². The summed E-state index contributed by atoms with van der Waals surface area (Å²) in [5.74, 6) is 0.126. The quantitative estimate of drug-likeness (QED) is 0.715. The van der Waals surface area contributed by atoms with Crippen molar-refractivity contribution in [3.05, 3.63) is 70.3 Å². The van der Waals surface area contributed by atoms with Crippen molar-refractivity contribution in [2.24, 2.45) is 0 Å². The Hall–Kier alpha value is -2.95. The summed E-state index contributed by atoms with van der Waals surface area (Å²) >= 11 is 0. The van der Waals surface area contributed by atoms with Crippen LogP contribution in [0.25, 0.3) is 10.9 Å². The van der Waals surface area contributed by atoms with Crippen LogP contribution < -0.4 is 10.5 Å². The van der Waals surface area contributed by atoms with Crippen molar-refractivity contribution >= 4 is 22.5 Å². The van der Waals surface area contributed by atoms with Crippen LogP contribution in [0.3, 0.4) is 0 Å². The normalized spacial score (nSPS) is 13.6. The summed E-state index contributed by atoms with van der Waals surface area (Å²) in [5, 5.41) is 0.617. The van der Waals surface area contributed by atoms with Gasteiger partial charge in [0, 0.05) is 25.2 Å². The SMILES string of the molecule is Cc1ccc2c(c1)CCCN2C(=O)CCCn1cnc2ccccc2c1=O. The van der Waals surface area contributed by atoms with Crippen LogP contribution in [0, 0.1) is 6.92 Å². The minimum atomic E-state index is -0.0492. The second-order valence-corrected chi connectivity index (χ2v) is 7.14. The zero-order chi connectivity index (χ0) is 18.8. The van der Waals surface area contributed by atoms with Gasteiger partial charge < -0.3 is 4.90 Å². The largest absolute Gasteiger partial charge is 0.312 e. The van der Waals surface area contributed by atoms with Crippen LogP contribution in [0.1, 0.15) is 30.4 Å². The van der Waals surface area contributed by atoms with E-state index in [9.17, 15) is 9.59 Å². The predicted octanol–water partition coefficient (Wildman–Crippen LogP) is 3.46. The van der Waals surface area contributed by atoms with E-state index in [1.165, 1.54) is 11.1 Å². The highest BCUT2D eigenvalue weighted by Crippen LogP contribution is 2.28. The summed E-state index contributed by atoms with van der Waals surface area (Å²) in [4.78, 5) is 31.5. The number of benzene rings is 2. The molecule has 2 heterocycles. The van der Waals surface area contributed by atoms with Crippen LogP contribution in [0.15, 0.2) is 53.6 Å². The minimum absolute atomic E-state index is 0.0492. The summed E-state index contributed by atoms with van der Waals surface area (Å²) in [7, 11) is 0. The maximum atomic E-state index is 12.8. The Kier molecular flexibility index (Phi) is 4.75. The van der Waals surface area contributed by atoms with Crippen molar-refractivity contribution < 1.29 is 4.79 Å². The number of anilines is 1. The maximum absolute atomic E-state index is 12.8. The molecule has 0 N–H and O–H groups in total. The Morgan fingerprint density at radius 1 is 1.19 bits per heavy atom. The number of rotatable bonds is 4. The lowest BCUT2D eigenvalue weighted by Gasteiger charge is -2.30. The Morgan fingerprint density at radius 2 is 2.04 bits per heavy atom. The van der Waals surface area contributed by atoms with E-state index in [0.717, 1.165) is 25.1 Å². The molecule has 138 valence electrons. The lowest BCUT2D eigenvalue weighted by atomic mass is 9.99. The van der Waals surface area contributed by atoms with E-state index in [1.54, 1.807) is 17.0 Å². The minimum Gasteiger partial charge on any atom is -0.312 e. The second kappa shape index (κ2) is 7.35. The van der Waals surface area contributed by atoms with Crippen LogP contribution >= 0.6 is 0 Å². The Labute approximate surface area is 158 Å². The molecule has 1 aliphatic heterocycles. The standard InChI is InChI=1S/C22H23N3O2/c1-16-10-11-20-17(14-16)6-4-13-25(20)21(26)9-5-12-24-15-23-19-8-3-2-7-18(19)22(24)27/h2-3,7-8,10-11,14-15H,4-6,9,12-13H2,1H3. The molecule has 27 heavy (non-hydrogen) atoms. The molecule has 1 aromatic heterocycles. The summed E-state index contributed by atoms with van der Waals surface area (Å²) in [6.45, 7) is 3.35. The Bertz CT molecular complexity index is 1050. The van der Waals surface area contributed by atoms with Crippen LogP contribution in [0.4, 0.5) is 5.69 Å². The van der Waals surface area contributed by atoms with Gasteiger partial charge in [-0.25, -0.2) is 4.98 Å². The molecule has 2 aromatic carbocycles. The highest BCUT2D eigenvalue weighted by atomic mass is 16.2. The first kappa shape index (κ1) is 17.5. The summed E-state index contributed by atoms with van der Waals surface area (Å²) in [6, 6.07) is 13.6. The average Bonchev–Trinajstić information content (AvgIpc) is 2.69. The van der Waals surface area contributed by atoms with Crippen molar-refractivity contribution in [1.82, 2.24) is 9.55 Å². The van der Waals surface area contributed by atoms with Gasteiger partial charge >= 0.3 is 0 Å². The molecule has 3 aromatic rings. The van der Waals surface area contributed by atoms with E-state index in [0.29, 0.717) is 30.3 Å². The molecule has 5 nitrogen and oxygen atoms in total. The summed E-state index contributed by atoms with van der Waals surface area (Å²) in [6.07, 6.45) is 4.65. The van der Waals surface area contributed by atoms with E-state index in [1.807, 2.05) is 23.1 Å². The van der Waals surface area contributed by atoms with E-state index >= 15 is 0 Å². The molecule has 0 atom stereocenters. The number of carbonyl (C=O) groups excluding carboxylic acids is 1. The third-order valence-corrected chi connectivity index (χ3v) is 5.18. The van der Waals surface area contributed by atoms with Gasteiger partial charge in [0.15, 0.2) is 0 Å². The molecule has 0 aliphatic carbocycles. The molecule has 0 radical (unpaired) electrons. The fraction of sp³-hybridized carbons (Fsp3) is 0.318. The van der Waals surface area contributed by atoms with Crippen LogP contribution in [-0.2, 0) is 17.8 Å². The fourth-order valence-electron chi connectivity index (χ4n) is 3.79. The average molecular weight is 361 g/mol. The van der Waals surface area contributed by atoms with E-state index < -0.39 is 0 Å². The number of amides is 1. The van der Waals surface area contributed by atoms with Gasteiger partial charge in [-0.3, -0.25) is 14.2 Å². The first-order valence-electron chi connectivity index (χ1n) is 9.47. The number of hydrogen-bond acceptors (Lipinski definition) is 3. The smallest absolute Gasteiger partial charge is 0.261 e. The first-order valence-corrected chi connectivity index (χ1v) is 9.47. The Balaban J connectivity index is 1.44. The van der Waals surface area contributed by atoms with Gasteiger partial charge in [-0.1, -0.05) is 29.8 Å². The highest BCUT2D eigenvalue weighted by molar-refractivity contribution is 5.94. The van der Waals surface area contributed by atoms with Crippen LogP contribution in [0.2, 0.25) is 0 Å². The van der Waals surface area contributed by atoms with E-state index in [-0.39, 0.29) is 11.5 Å². The maximum Gasteiger partial charge on any atom is 0.261 e. The molecule has 0 unspecified atom stereocenters. The lowest BCUT2D eigenvalue weighted by molar-refractivity contribution is -0.118. The molecule has 0 fully saturated rings. The molecule has 0 saturated heterocycles. The zero-order valence-electron chi connectivity index (χ0n) is 15.5. The fourth-order valence-corrected chi connectivity index (χ4v) is 3.79. The van der Waals surface area contributed by atoms with Crippen LogP contribution in [0.5, 0.6) is 0 Å². The molecule has 1 aliphatic rings. The van der Waals surface area contributed by atoms with Crippen molar-refractivity contribution in [3.63, 3.8) is 0 Å². The number of fused-ring (bicyclic) bond motifs is 2. The number of para-hydroxylation sites is 1. The van der Waals surface area contributed by atoms with Gasteiger partial charge in [-0.15, -0.1) is 0 Å². The van der Waals surface area contributed by atoms with Crippen molar-refractivity contribution in [2.45, 2.75) is 39.2 Å². The van der Waals surface area contributed by atoms with Gasteiger partial charge in [0.25, 0.3) is 5.56 Å². The highest BCUT2D eigenvalue weighted by Gasteiger charge is 2.22. The number of aryl methyl sites for hydroxylation is 3. The number of aromatic nitrogens is 2.